The summed E-state index contributed by atoms with van der Waals surface area (Å²) in [4.78, 5) is 15.1. The third kappa shape index (κ3) is 4.18. The molecule has 1 aliphatic heterocycles. The number of ether oxygens (including phenoxy) is 2. The van der Waals surface area contributed by atoms with E-state index < -0.39 is 0 Å². The van der Waals surface area contributed by atoms with E-state index in [9.17, 15) is 0 Å². The molecule has 1 N–H and O–H groups in total. The molecular weight excluding hydrogens is 316 g/mol. The van der Waals surface area contributed by atoms with Crippen molar-refractivity contribution < 1.29 is 9.47 Å². The summed E-state index contributed by atoms with van der Waals surface area (Å²) < 4.78 is 10.6. The number of benzene rings is 1. The molecule has 120 valence electrons. The van der Waals surface area contributed by atoms with Crippen LogP contribution in [0.2, 0.25) is 5.15 Å². The van der Waals surface area contributed by atoms with Gasteiger partial charge in [0, 0.05) is 25.3 Å². The number of aromatic amines is 1. The van der Waals surface area contributed by atoms with Crippen LogP contribution in [0.25, 0.3) is 11.0 Å². The van der Waals surface area contributed by atoms with E-state index in [1.165, 1.54) is 19.2 Å². The molecule has 1 aliphatic rings. The Morgan fingerprint density at radius 1 is 1.13 bits per heavy atom. The Bertz CT molecular complexity index is 779. The Hall–Kier alpha value is -2.18. The summed E-state index contributed by atoms with van der Waals surface area (Å²) in [5.74, 6) is 1.09. The van der Waals surface area contributed by atoms with Crippen molar-refractivity contribution in [2.75, 3.05) is 13.2 Å². The molecule has 1 fully saturated rings. The molecule has 0 atom stereocenters. The number of aryl methyl sites for hydroxylation is 1. The lowest BCUT2D eigenvalue weighted by molar-refractivity contribution is 0.198. The minimum Gasteiger partial charge on any atom is -0.439 e. The quantitative estimate of drug-likeness (QED) is 0.720. The van der Waals surface area contributed by atoms with Crippen LogP contribution in [0.1, 0.15) is 18.4 Å². The van der Waals surface area contributed by atoms with Crippen molar-refractivity contribution in [3.05, 3.63) is 41.6 Å². The summed E-state index contributed by atoms with van der Waals surface area (Å²) in [7, 11) is 0. The fraction of sp³-hybridized carbons (Fsp3) is 0.312. The number of nitrogens with zero attached hydrogens (tertiary/aromatic N) is 3. The first-order chi connectivity index (χ1) is 11.2. The highest BCUT2D eigenvalue weighted by molar-refractivity contribution is 6.29. The number of halogens is 1. The van der Waals surface area contributed by atoms with Gasteiger partial charge in [0.25, 0.3) is 0 Å². The second-order valence-corrected chi connectivity index (χ2v) is 5.53. The lowest BCUT2D eigenvalue weighted by atomic mass is 10.2. The first-order valence-electron chi connectivity index (χ1n) is 7.39. The maximum absolute atomic E-state index is 5.77. The molecule has 0 spiro atoms. The number of aromatic nitrogens is 4. The van der Waals surface area contributed by atoms with Gasteiger partial charge in [-0.2, -0.15) is 0 Å². The summed E-state index contributed by atoms with van der Waals surface area (Å²) >= 11 is 5.77. The van der Waals surface area contributed by atoms with Gasteiger partial charge in [-0.25, -0.2) is 15.0 Å². The van der Waals surface area contributed by atoms with Gasteiger partial charge >= 0.3 is 0 Å². The summed E-state index contributed by atoms with van der Waals surface area (Å²) in [6.45, 7) is 3.98. The van der Waals surface area contributed by atoms with Crippen LogP contribution in [0.3, 0.4) is 0 Å². The van der Waals surface area contributed by atoms with Gasteiger partial charge in [0.2, 0.25) is 5.88 Å². The van der Waals surface area contributed by atoms with Crippen LogP contribution in [0, 0.1) is 6.92 Å². The van der Waals surface area contributed by atoms with Gasteiger partial charge in [0.1, 0.15) is 17.2 Å². The standard InChI is InChI=1S/C12H9ClN4O.C4H8O/c1-7-2-8(3-9-12(7)17-5-14-9)18-11-4-10(13)15-6-16-11;1-2-4-5-3-1/h2-6H,1H3,(H,14,17);1-4H2. The summed E-state index contributed by atoms with van der Waals surface area (Å²) in [6.07, 6.45) is 5.57. The molecule has 0 amide bonds. The Morgan fingerprint density at radius 2 is 1.96 bits per heavy atom. The van der Waals surface area contributed by atoms with E-state index >= 15 is 0 Å². The van der Waals surface area contributed by atoms with E-state index in [0.717, 1.165) is 29.8 Å². The first-order valence-corrected chi connectivity index (χ1v) is 7.77. The fourth-order valence-corrected chi connectivity index (χ4v) is 2.39. The van der Waals surface area contributed by atoms with Gasteiger partial charge in [0.15, 0.2) is 0 Å². The van der Waals surface area contributed by atoms with Crippen LogP contribution >= 0.6 is 11.6 Å². The van der Waals surface area contributed by atoms with Crippen LogP contribution in [0.4, 0.5) is 0 Å². The van der Waals surface area contributed by atoms with Gasteiger partial charge in [-0.3, -0.25) is 0 Å². The lowest BCUT2D eigenvalue weighted by Crippen LogP contribution is -1.90. The number of H-pyrrole nitrogens is 1. The van der Waals surface area contributed by atoms with Crippen molar-refractivity contribution in [2.45, 2.75) is 19.8 Å². The molecule has 4 rings (SSSR count). The van der Waals surface area contributed by atoms with E-state index in [-0.39, 0.29) is 0 Å². The molecule has 7 heteroatoms. The molecule has 0 saturated carbocycles. The van der Waals surface area contributed by atoms with Gasteiger partial charge in [-0.1, -0.05) is 11.6 Å². The zero-order valence-electron chi connectivity index (χ0n) is 12.8. The summed E-state index contributed by atoms with van der Waals surface area (Å²) in [5.41, 5.74) is 2.89. The van der Waals surface area contributed by atoms with Crippen molar-refractivity contribution in [3.8, 4) is 11.6 Å². The smallest absolute Gasteiger partial charge is 0.223 e. The van der Waals surface area contributed by atoms with E-state index in [1.807, 2.05) is 19.1 Å². The van der Waals surface area contributed by atoms with Crippen molar-refractivity contribution in [3.63, 3.8) is 0 Å². The molecule has 0 aliphatic carbocycles. The number of hydrogen-bond acceptors (Lipinski definition) is 5. The molecule has 23 heavy (non-hydrogen) atoms. The van der Waals surface area contributed by atoms with E-state index in [2.05, 4.69) is 19.9 Å². The molecule has 3 heterocycles. The average molecular weight is 333 g/mol. The Morgan fingerprint density at radius 3 is 2.65 bits per heavy atom. The predicted octanol–water partition coefficient (Wildman–Crippen LogP) is 3.90. The Kier molecular flexibility index (Phi) is 5.05. The number of nitrogens with one attached hydrogen (secondary N) is 1. The topological polar surface area (TPSA) is 72.9 Å². The third-order valence-electron chi connectivity index (χ3n) is 3.35. The van der Waals surface area contributed by atoms with Crippen LogP contribution in [-0.4, -0.2) is 33.1 Å². The molecule has 3 aromatic rings. The summed E-state index contributed by atoms with van der Waals surface area (Å²) in [5, 5.41) is 0.347. The molecule has 0 radical (unpaired) electrons. The van der Waals surface area contributed by atoms with Crippen molar-refractivity contribution >= 4 is 22.6 Å². The summed E-state index contributed by atoms with van der Waals surface area (Å²) in [6, 6.07) is 5.33. The highest BCUT2D eigenvalue weighted by Crippen LogP contribution is 2.26. The number of hydrogen-bond donors (Lipinski definition) is 1. The van der Waals surface area contributed by atoms with E-state index in [0.29, 0.717) is 16.8 Å². The average Bonchev–Trinajstić information content (AvgIpc) is 3.22. The predicted molar refractivity (Wildman–Crippen MR) is 88.0 cm³/mol. The minimum absolute atomic E-state index is 0.347. The number of rotatable bonds is 2. The van der Waals surface area contributed by atoms with Gasteiger partial charge < -0.3 is 14.5 Å². The molecule has 6 nitrogen and oxygen atoms in total. The second kappa shape index (κ2) is 7.39. The molecule has 1 saturated heterocycles. The van der Waals surface area contributed by atoms with E-state index in [4.69, 9.17) is 21.1 Å². The zero-order valence-corrected chi connectivity index (χ0v) is 13.5. The molecule has 1 aromatic carbocycles. The third-order valence-corrected chi connectivity index (χ3v) is 3.55. The SMILES string of the molecule is C1CCOC1.Cc1cc(Oc2cc(Cl)ncn2)cc2[nH]cnc12. The maximum atomic E-state index is 5.77. The number of fused-ring (bicyclic) bond motifs is 1. The van der Waals surface area contributed by atoms with Crippen molar-refractivity contribution in [1.29, 1.82) is 0 Å². The Balaban J connectivity index is 0.000000267. The van der Waals surface area contributed by atoms with Crippen molar-refractivity contribution in [1.82, 2.24) is 19.9 Å². The molecule has 0 bridgehead atoms. The van der Waals surface area contributed by atoms with Crippen LogP contribution in [0.5, 0.6) is 11.6 Å². The van der Waals surface area contributed by atoms with Crippen LogP contribution in [0.15, 0.2) is 30.9 Å². The minimum atomic E-state index is 0.347. The normalized spacial score (nSPS) is 13.7. The van der Waals surface area contributed by atoms with Crippen molar-refractivity contribution in [2.24, 2.45) is 0 Å². The fourth-order valence-electron chi connectivity index (χ4n) is 2.26. The van der Waals surface area contributed by atoms with Gasteiger partial charge in [-0.05, 0) is 31.4 Å². The largest absolute Gasteiger partial charge is 0.439 e. The van der Waals surface area contributed by atoms with Crippen LogP contribution < -0.4 is 4.74 Å². The highest BCUT2D eigenvalue weighted by Gasteiger charge is 2.06. The lowest BCUT2D eigenvalue weighted by Gasteiger charge is -2.05. The van der Waals surface area contributed by atoms with Gasteiger partial charge in [0.05, 0.1) is 17.4 Å². The molecule has 2 aromatic heterocycles. The zero-order chi connectivity index (χ0) is 16.1. The highest BCUT2D eigenvalue weighted by atomic mass is 35.5. The van der Waals surface area contributed by atoms with Gasteiger partial charge in [-0.15, -0.1) is 0 Å². The monoisotopic (exact) mass is 332 g/mol. The number of imidazole rings is 1. The van der Waals surface area contributed by atoms with Crippen LogP contribution in [-0.2, 0) is 4.74 Å². The maximum Gasteiger partial charge on any atom is 0.223 e. The van der Waals surface area contributed by atoms with E-state index in [1.54, 1.807) is 12.4 Å². The Labute approximate surface area is 138 Å². The molecular formula is C16H17ClN4O2. The second-order valence-electron chi connectivity index (χ2n) is 5.14. The molecule has 0 unspecified atom stereocenters. The first kappa shape index (κ1) is 15.7.